The summed E-state index contributed by atoms with van der Waals surface area (Å²) in [6, 6.07) is 3.08. The Morgan fingerprint density at radius 1 is 1.04 bits per heavy atom. The molecule has 4 amide bonds. The summed E-state index contributed by atoms with van der Waals surface area (Å²) in [7, 11) is 0. The molecule has 0 spiro atoms. The molecular formula is C18H17F2N3O4. The van der Waals surface area contributed by atoms with Crippen molar-refractivity contribution in [2.45, 2.75) is 37.1 Å². The lowest BCUT2D eigenvalue weighted by Gasteiger charge is -2.32. The number of fused-ring (bicyclic) bond motifs is 1. The van der Waals surface area contributed by atoms with Gasteiger partial charge in [-0.3, -0.25) is 29.4 Å². The molecule has 0 bridgehead atoms. The van der Waals surface area contributed by atoms with Gasteiger partial charge in [-0.15, -0.1) is 0 Å². The van der Waals surface area contributed by atoms with E-state index in [1.54, 1.807) is 0 Å². The van der Waals surface area contributed by atoms with Gasteiger partial charge in [0.05, 0.1) is 23.6 Å². The van der Waals surface area contributed by atoms with Crippen molar-refractivity contribution in [3.05, 3.63) is 34.9 Å². The maximum absolute atomic E-state index is 14.2. The third kappa shape index (κ3) is 2.82. The number of amides is 4. The summed E-state index contributed by atoms with van der Waals surface area (Å²) in [5, 5.41) is 4.77. The molecule has 2 fully saturated rings. The zero-order valence-corrected chi connectivity index (χ0v) is 14.3. The van der Waals surface area contributed by atoms with E-state index in [0.717, 1.165) is 4.90 Å². The van der Waals surface area contributed by atoms with Gasteiger partial charge < -0.3 is 5.32 Å². The van der Waals surface area contributed by atoms with Gasteiger partial charge in [0, 0.05) is 6.42 Å². The first kappa shape index (κ1) is 17.7. The number of hydrogen-bond donors (Lipinski definition) is 2. The molecule has 9 heteroatoms. The van der Waals surface area contributed by atoms with Gasteiger partial charge >= 0.3 is 0 Å². The molecule has 0 aliphatic carbocycles. The number of imide groups is 2. The molecule has 0 aromatic heterocycles. The molecule has 3 aliphatic heterocycles. The summed E-state index contributed by atoms with van der Waals surface area (Å²) in [5.74, 6) is -6.50. The minimum Gasteiger partial charge on any atom is -0.311 e. The van der Waals surface area contributed by atoms with Crippen molar-refractivity contribution >= 4 is 23.6 Å². The van der Waals surface area contributed by atoms with Gasteiger partial charge in [0.2, 0.25) is 11.8 Å². The predicted molar refractivity (Wildman–Crippen MR) is 88.3 cm³/mol. The molecule has 4 rings (SSSR count). The quantitative estimate of drug-likeness (QED) is 0.744. The van der Waals surface area contributed by atoms with Crippen molar-refractivity contribution in [3.63, 3.8) is 0 Å². The summed E-state index contributed by atoms with van der Waals surface area (Å²) >= 11 is 0. The molecule has 2 atom stereocenters. The highest BCUT2D eigenvalue weighted by molar-refractivity contribution is 6.23. The van der Waals surface area contributed by atoms with Gasteiger partial charge in [0.25, 0.3) is 17.7 Å². The number of alkyl halides is 2. The zero-order valence-electron chi connectivity index (χ0n) is 14.3. The Balaban J connectivity index is 1.66. The minimum absolute atomic E-state index is 0.0242. The van der Waals surface area contributed by atoms with Crippen LogP contribution in [0.15, 0.2) is 18.2 Å². The first-order chi connectivity index (χ1) is 12.8. The van der Waals surface area contributed by atoms with Crippen molar-refractivity contribution in [3.8, 4) is 0 Å². The summed E-state index contributed by atoms with van der Waals surface area (Å²) in [5.41, 5.74) is 0.411. The summed E-state index contributed by atoms with van der Waals surface area (Å²) < 4.78 is 28.5. The molecule has 27 heavy (non-hydrogen) atoms. The monoisotopic (exact) mass is 377 g/mol. The zero-order chi connectivity index (χ0) is 19.3. The van der Waals surface area contributed by atoms with E-state index in [1.807, 2.05) is 0 Å². The number of piperidine rings is 2. The Labute approximate surface area is 153 Å². The van der Waals surface area contributed by atoms with Crippen molar-refractivity contribution in [1.29, 1.82) is 0 Å². The van der Waals surface area contributed by atoms with Crippen molar-refractivity contribution < 1.29 is 28.0 Å². The second-order valence-corrected chi connectivity index (χ2v) is 7.03. The molecule has 3 aliphatic rings. The third-order valence-electron chi connectivity index (χ3n) is 5.35. The molecule has 1 aromatic rings. The number of rotatable bonds is 2. The maximum atomic E-state index is 14.2. The van der Waals surface area contributed by atoms with Crippen LogP contribution in [0.2, 0.25) is 0 Å². The van der Waals surface area contributed by atoms with Crippen LogP contribution in [0.5, 0.6) is 0 Å². The molecule has 1 aromatic carbocycles. The van der Waals surface area contributed by atoms with E-state index < -0.39 is 48.1 Å². The third-order valence-corrected chi connectivity index (χ3v) is 5.35. The lowest BCUT2D eigenvalue weighted by molar-refractivity contribution is -0.136. The standard InChI is InChI=1S/C18H17F2N3O4/c19-18(20)8-21-6-5-12(18)9-1-2-10-11(7-9)17(27)23(16(10)26)13-3-4-14(24)22-15(13)25/h1-2,7,12-13,21H,3-6,8H2,(H,22,24,25). The number of nitrogens with one attached hydrogen (secondary N) is 2. The summed E-state index contributed by atoms with van der Waals surface area (Å²) in [6.07, 6.45) is 0.288. The molecule has 3 heterocycles. The highest BCUT2D eigenvalue weighted by Crippen LogP contribution is 2.39. The molecule has 142 valence electrons. The summed E-state index contributed by atoms with van der Waals surface area (Å²) in [6.45, 7) is -0.00333. The van der Waals surface area contributed by atoms with Crippen LogP contribution >= 0.6 is 0 Å². The second-order valence-electron chi connectivity index (χ2n) is 7.03. The lowest BCUT2D eigenvalue weighted by atomic mass is 9.85. The Morgan fingerprint density at radius 3 is 2.48 bits per heavy atom. The number of hydrogen-bond acceptors (Lipinski definition) is 5. The van der Waals surface area contributed by atoms with Crippen LogP contribution < -0.4 is 10.6 Å². The second kappa shape index (κ2) is 6.19. The van der Waals surface area contributed by atoms with Gasteiger partial charge in [-0.1, -0.05) is 6.07 Å². The molecule has 0 radical (unpaired) electrons. The molecule has 2 unspecified atom stereocenters. The van der Waals surface area contributed by atoms with Gasteiger partial charge in [-0.25, -0.2) is 8.78 Å². The average Bonchev–Trinajstić information content (AvgIpc) is 2.86. The Hall–Kier alpha value is -2.68. The Bertz CT molecular complexity index is 870. The van der Waals surface area contributed by atoms with Gasteiger partial charge in [-0.05, 0) is 37.1 Å². The fourth-order valence-corrected chi connectivity index (χ4v) is 3.95. The molecule has 7 nitrogen and oxygen atoms in total. The highest BCUT2D eigenvalue weighted by Gasteiger charge is 2.46. The Kier molecular flexibility index (Phi) is 4.06. The average molecular weight is 377 g/mol. The molecular weight excluding hydrogens is 360 g/mol. The fraction of sp³-hybridized carbons (Fsp3) is 0.444. The molecule has 2 saturated heterocycles. The van der Waals surface area contributed by atoms with Crippen LogP contribution in [0.1, 0.15) is 51.5 Å². The van der Waals surface area contributed by atoms with Gasteiger partial charge in [0.1, 0.15) is 6.04 Å². The van der Waals surface area contributed by atoms with Gasteiger partial charge in [-0.2, -0.15) is 0 Å². The van der Waals surface area contributed by atoms with E-state index in [1.165, 1.54) is 18.2 Å². The topological polar surface area (TPSA) is 95.6 Å². The smallest absolute Gasteiger partial charge is 0.267 e. The van der Waals surface area contributed by atoms with Crippen molar-refractivity contribution in [1.82, 2.24) is 15.5 Å². The molecule has 2 N–H and O–H groups in total. The predicted octanol–water partition coefficient (Wildman–Crippen LogP) is 0.800. The number of carbonyl (C=O) groups is 4. The van der Waals surface area contributed by atoms with E-state index in [2.05, 4.69) is 10.6 Å². The maximum Gasteiger partial charge on any atom is 0.267 e. The minimum atomic E-state index is -2.96. The fourth-order valence-electron chi connectivity index (χ4n) is 3.95. The van der Waals surface area contributed by atoms with E-state index in [-0.39, 0.29) is 30.4 Å². The SMILES string of the molecule is O=C1CCC(N2C(=O)c3ccc(C4CCNCC4(F)F)cc3C2=O)C(=O)N1. The Morgan fingerprint density at radius 2 is 1.78 bits per heavy atom. The largest absolute Gasteiger partial charge is 0.311 e. The van der Waals surface area contributed by atoms with Crippen LogP contribution in [0.25, 0.3) is 0 Å². The first-order valence-corrected chi connectivity index (χ1v) is 8.73. The van der Waals surface area contributed by atoms with E-state index >= 15 is 0 Å². The first-order valence-electron chi connectivity index (χ1n) is 8.73. The van der Waals surface area contributed by atoms with Crippen LogP contribution in [0, 0.1) is 0 Å². The van der Waals surface area contributed by atoms with Crippen LogP contribution in [0.3, 0.4) is 0 Å². The number of carbonyl (C=O) groups excluding carboxylic acids is 4. The summed E-state index contributed by atoms with van der Waals surface area (Å²) in [4.78, 5) is 49.6. The number of benzene rings is 1. The highest BCUT2D eigenvalue weighted by atomic mass is 19.3. The van der Waals surface area contributed by atoms with E-state index in [0.29, 0.717) is 12.1 Å². The van der Waals surface area contributed by atoms with Crippen LogP contribution in [-0.2, 0) is 9.59 Å². The normalized spacial score (nSPS) is 27.6. The van der Waals surface area contributed by atoms with E-state index in [4.69, 9.17) is 0 Å². The van der Waals surface area contributed by atoms with Crippen molar-refractivity contribution in [2.24, 2.45) is 0 Å². The number of halogens is 2. The molecule has 0 saturated carbocycles. The lowest BCUT2D eigenvalue weighted by Crippen LogP contribution is -2.54. The van der Waals surface area contributed by atoms with Gasteiger partial charge in [0.15, 0.2) is 0 Å². The number of nitrogens with zero attached hydrogens (tertiary/aromatic N) is 1. The van der Waals surface area contributed by atoms with Crippen molar-refractivity contribution in [2.75, 3.05) is 13.1 Å². The van der Waals surface area contributed by atoms with Crippen LogP contribution in [0.4, 0.5) is 8.78 Å². The van der Waals surface area contributed by atoms with E-state index in [9.17, 15) is 28.0 Å². The van der Waals surface area contributed by atoms with Crippen LogP contribution in [-0.4, -0.2) is 53.6 Å².